The molecule has 2 unspecified atom stereocenters. The van der Waals surface area contributed by atoms with Crippen molar-refractivity contribution in [1.29, 1.82) is 0 Å². The second-order valence-electron chi connectivity index (χ2n) is 7.77. The van der Waals surface area contributed by atoms with E-state index in [1.165, 1.54) is 51.6 Å². The summed E-state index contributed by atoms with van der Waals surface area (Å²) in [6.45, 7) is 10.7. The maximum Gasteiger partial charge on any atom is 0.0581 e. The molecule has 0 aromatic heterocycles. The van der Waals surface area contributed by atoms with Crippen molar-refractivity contribution in [3.05, 3.63) is 0 Å². The molecule has 0 radical (unpaired) electrons. The van der Waals surface area contributed by atoms with Gasteiger partial charge in [-0.3, -0.25) is 0 Å². The maximum absolute atomic E-state index is 10.2. The van der Waals surface area contributed by atoms with Crippen LogP contribution in [0.3, 0.4) is 0 Å². The summed E-state index contributed by atoms with van der Waals surface area (Å²) in [7, 11) is 0. The van der Waals surface area contributed by atoms with Crippen molar-refractivity contribution >= 4 is 0 Å². The smallest absolute Gasteiger partial charge is 0.0581 e. The highest BCUT2D eigenvalue weighted by molar-refractivity contribution is 4.87. The van der Waals surface area contributed by atoms with Gasteiger partial charge in [-0.25, -0.2) is 0 Å². The summed E-state index contributed by atoms with van der Waals surface area (Å²) in [4.78, 5) is 2.61. The predicted octanol–water partition coefficient (Wildman–Crippen LogP) is 3.69. The zero-order valence-corrected chi connectivity index (χ0v) is 13.2. The first-order valence-corrected chi connectivity index (χ1v) is 8.40. The lowest BCUT2D eigenvalue weighted by molar-refractivity contribution is -0.000896. The fourth-order valence-electron chi connectivity index (χ4n) is 4.11. The molecule has 1 saturated heterocycles. The molecule has 112 valence electrons. The van der Waals surface area contributed by atoms with E-state index in [0.29, 0.717) is 11.3 Å². The molecule has 2 atom stereocenters. The molecule has 1 heterocycles. The van der Waals surface area contributed by atoms with Crippen LogP contribution in [-0.4, -0.2) is 35.7 Å². The van der Waals surface area contributed by atoms with Crippen molar-refractivity contribution in [2.45, 2.75) is 71.8 Å². The number of hydrogen-bond donors (Lipinski definition) is 1. The summed E-state index contributed by atoms with van der Waals surface area (Å²) in [5.74, 6) is 1.47. The van der Waals surface area contributed by atoms with E-state index in [1.807, 2.05) is 0 Å². The third kappa shape index (κ3) is 4.46. The minimum Gasteiger partial charge on any atom is -0.393 e. The van der Waals surface area contributed by atoms with Crippen molar-refractivity contribution in [2.24, 2.45) is 17.3 Å². The first kappa shape index (κ1) is 15.3. The third-order valence-corrected chi connectivity index (χ3v) is 5.37. The Kier molecular flexibility index (Phi) is 5.30. The number of nitrogens with zero attached hydrogens (tertiary/aromatic N) is 1. The van der Waals surface area contributed by atoms with Crippen molar-refractivity contribution < 1.29 is 5.11 Å². The lowest BCUT2D eigenvalue weighted by atomic mass is 9.70. The number of likely N-dealkylation sites (tertiary alicyclic amines) is 1. The minimum atomic E-state index is -0.0543. The molecule has 0 bridgehead atoms. The Balaban J connectivity index is 1.78. The molecule has 1 aliphatic heterocycles. The summed E-state index contributed by atoms with van der Waals surface area (Å²) in [5, 5.41) is 10.2. The second-order valence-corrected chi connectivity index (χ2v) is 7.77. The van der Waals surface area contributed by atoms with E-state index in [0.717, 1.165) is 18.9 Å². The van der Waals surface area contributed by atoms with E-state index in [9.17, 15) is 5.11 Å². The topological polar surface area (TPSA) is 23.5 Å². The van der Waals surface area contributed by atoms with Crippen LogP contribution in [0, 0.1) is 17.3 Å². The van der Waals surface area contributed by atoms with Gasteiger partial charge in [-0.15, -0.1) is 0 Å². The molecule has 1 aliphatic carbocycles. The van der Waals surface area contributed by atoms with E-state index in [2.05, 4.69) is 25.7 Å². The Morgan fingerprint density at radius 3 is 2.47 bits per heavy atom. The Labute approximate surface area is 119 Å². The minimum absolute atomic E-state index is 0.0543. The average molecular weight is 267 g/mol. The van der Waals surface area contributed by atoms with Crippen molar-refractivity contribution in [3.63, 3.8) is 0 Å². The second kappa shape index (κ2) is 6.58. The summed E-state index contributed by atoms with van der Waals surface area (Å²) < 4.78 is 0. The Morgan fingerprint density at radius 1 is 1.16 bits per heavy atom. The summed E-state index contributed by atoms with van der Waals surface area (Å²) in [6.07, 6.45) is 8.82. The SMILES string of the molecule is CCCC1CCN(CC2CC(C)(C)CCC2O)CC1. The standard InChI is InChI=1S/C17H33NO/c1-4-5-14-7-10-18(11-8-14)13-15-12-17(2,3)9-6-16(15)19/h14-16,19H,4-13H2,1-3H3. The van der Waals surface area contributed by atoms with Crippen LogP contribution in [0.15, 0.2) is 0 Å². The van der Waals surface area contributed by atoms with E-state index in [1.54, 1.807) is 0 Å². The molecule has 1 saturated carbocycles. The highest BCUT2D eigenvalue weighted by Gasteiger charge is 2.35. The number of hydrogen-bond acceptors (Lipinski definition) is 2. The molecule has 2 aliphatic rings. The quantitative estimate of drug-likeness (QED) is 0.840. The highest BCUT2D eigenvalue weighted by atomic mass is 16.3. The van der Waals surface area contributed by atoms with Gasteiger partial charge >= 0.3 is 0 Å². The zero-order chi connectivity index (χ0) is 13.9. The van der Waals surface area contributed by atoms with Gasteiger partial charge in [-0.1, -0.05) is 33.6 Å². The molecule has 1 N–H and O–H groups in total. The monoisotopic (exact) mass is 267 g/mol. The van der Waals surface area contributed by atoms with Gasteiger partial charge in [0.1, 0.15) is 0 Å². The Bertz CT molecular complexity index is 268. The first-order chi connectivity index (χ1) is 9.00. The molecule has 19 heavy (non-hydrogen) atoms. The van der Waals surface area contributed by atoms with E-state index in [-0.39, 0.29) is 6.10 Å². The van der Waals surface area contributed by atoms with Gasteiger partial charge in [0.25, 0.3) is 0 Å². The highest BCUT2D eigenvalue weighted by Crippen LogP contribution is 2.39. The lowest BCUT2D eigenvalue weighted by Gasteiger charge is -2.42. The van der Waals surface area contributed by atoms with Crippen LogP contribution in [0.25, 0.3) is 0 Å². The van der Waals surface area contributed by atoms with Crippen LogP contribution in [0.5, 0.6) is 0 Å². The van der Waals surface area contributed by atoms with Gasteiger partial charge in [0.05, 0.1) is 6.10 Å². The van der Waals surface area contributed by atoms with E-state index >= 15 is 0 Å². The number of rotatable bonds is 4. The summed E-state index contributed by atoms with van der Waals surface area (Å²) in [6, 6.07) is 0. The van der Waals surface area contributed by atoms with Crippen molar-refractivity contribution in [1.82, 2.24) is 4.90 Å². The van der Waals surface area contributed by atoms with Gasteiger partial charge in [0.15, 0.2) is 0 Å². The predicted molar refractivity (Wildman–Crippen MR) is 81.2 cm³/mol. The molecule has 0 spiro atoms. The molecule has 0 aromatic carbocycles. The van der Waals surface area contributed by atoms with Crippen LogP contribution in [0.4, 0.5) is 0 Å². The summed E-state index contributed by atoms with van der Waals surface area (Å²) in [5.41, 5.74) is 0.435. The van der Waals surface area contributed by atoms with Gasteiger partial charge in [0, 0.05) is 6.54 Å². The lowest BCUT2D eigenvalue weighted by Crippen LogP contribution is -2.43. The van der Waals surface area contributed by atoms with Gasteiger partial charge in [0.2, 0.25) is 0 Å². The normalized spacial score (nSPS) is 33.5. The molecule has 2 rings (SSSR count). The van der Waals surface area contributed by atoms with Gasteiger partial charge in [-0.2, -0.15) is 0 Å². The maximum atomic E-state index is 10.2. The molecular formula is C17H33NO. The largest absolute Gasteiger partial charge is 0.393 e. The Morgan fingerprint density at radius 2 is 1.84 bits per heavy atom. The first-order valence-electron chi connectivity index (χ1n) is 8.40. The van der Waals surface area contributed by atoms with E-state index < -0.39 is 0 Å². The number of aliphatic hydroxyl groups is 1. The summed E-state index contributed by atoms with van der Waals surface area (Å²) >= 11 is 0. The third-order valence-electron chi connectivity index (χ3n) is 5.37. The van der Waals surface area contributed by atoms with Crippen LogP contribution >= 0.6 is 0 Å². The van der Waals surface area contributed by atoms with Crippen LogP contribution in [0.1, 0.15) is 65.7 Å². The number of piperidine rings is 1. The molecule has 0 amide bonds. The molecule has 2 nitrogen and oxygen atoms in total. The van der Waals surface area contributed by atoms with Crippen LogP contribution < -0.4 is 0 Å². The zero-order valence-electron chi connectivity index (χ0n) is 13.2. The Hall–Kier alpha value is -0.0800. The molecule has 2 fully saturated rings. The molecule has 0 aromatic rings. The van der Waals surface area contributed by atoms with Crippen molar-refractivity contribution in [2.75, 3.05) is 19.6 Å². The van der Waals surface area contributed by atoms with Gasteiger partial charge in [-0.05, 0) is 62.4 Å². The molecule has 2 heteroatoms. The fourth-order valence-corrected chi connectivity index (χ4v) is 4.11. The molecular weight excluding hydrogens is 234 g/mol. The fraction of sp³-hybridized carbons (Fsp3) is 1.00. The number of aliphatic hydroxyl groups excluding tert-OH is 1. The van der Waals surface area contributed by atoms with Crippen LogP contribution in [-0.2, 0) is 0 Å². The average Bonchev–Trinajstić information content (AvgIpc) is 2.36. The van der Waals surface area contributed by atoms with Crippen LogP contribution in [0.2, 0.25) is 0 Å². The van der Waals surface area contributed by atoms with E-state index in [4.69, 9.17) is 0 Å². The van der Waals surface area contributed by atoms with Crippen molar-refractivity contribution in [3.8, 4) is 0 Å². The van der Waals surface area contributed by atoms with Gasteiger partial charge < -0.3 is 10.0 Å².